The maximum absolute atomic E-state index is 2.00. The largest absolute Gasteiger partial charge is 0.344 e. The predicted molar refractivity (Wildman–Crippen MR) is 244 cm³/mol. The summed E-state index contributed by atoms with van der Waals surface area (Å²) in [6, 6.07) is 0. The molecular weight excluding hydrogens is 567 g/mol. The molecule has 3 heteroatoms. The van der Waals surface area contributed by atoms with Crippen molar-refractivity contribution in [2.75, 3.05) is 0 Å². The Hall–Kier alpha value is 0.582. The molecule has 0 aliphatic carbocycles. The van der Waals surface area contributed by atoms with E-state index in [2.05, 4.69) is 0 Å². The molecule has 0 aromatic carbocycles. The molecule has 39 heavy (non-hydrogen) atoms. The molecule has 0 rings (SSSR count). The van der Waals surface area contributed by atoms with E-state index < -0.39 is 0 Å². The van der Waals surface area contributed by atoms with Crippen molar-refractivity contribution in [1.29, 1.82) is 0 Å². The molecule has 0 aliphatic heterocycles. The number of hydrogen-bond donors (Lipinski definition) is 2. The van der Waals surface area contributed by atoms with Gasteiger partial charge in [-0.2, -0.15) is 0 Å². The Morgan fingerprint density at radius 2 is 0.128 bits per heavy atom. The molecule has 0 unspecified atom stereocenters. The van der Waals surface area contributed by atoms with Gasteiger partial charge in [-0.1, -0.05) is 263 Å². The molecular formula is C36H142N2Pd. The van der Waals surface area contributed by atoms with Crippen molar-refractivity contribution in [1.82, 2.24) is 12.3 Å². The van der Waals surface area contributed by atoms with Gasteiger partial charge < -0.3 is 12.3 Å². The van der Waals surface area contributed by atoms with Crippen molar-refractivity contribution in [3.05, 3.63) is 0 Å². The van der Waals surface area contributed by atoms with Crippen LogP contribution in [0.25, 0.3) is 0 Å². The van der Waals surface area contributed by atoms with E-state index in [9.17, 15) is 0 Å². The van der Waals surface area contributed by atoms with E-state index in [-0.39, 0.29) is 241 Å². The molecule has 0 radical (unpaired) electrons. The van der Waals surface area contributed by atoms with Crippen LogP contribution in [-0.4, -0.2) is 0 Å². The van der Waals surface area contributed by atoms with E-state index >= 15 is 0 Å². The molecule has 0 saturated carbocycles. The topological polar surface area (TPSA) is 70.0 Å². The van der Waals surface area contributed by atoms with Crippen molar-refractivity contribution in [3.8, 4) is 0 Å². The van der Waals surface area contributed by atoms with E-state index in [0.29, 0.717) is 0 Å². The van der Waals surface area contributed by atoms with Crippen molar-refractivity contribution in [2.24, 2.45) is 0 Å². The van der Waals surface area contributed by atoms with Crippen LogP contribution in [-0.2, 0) is 20.4 Å². The van der Waals surface area contributed by atoms with Gasteiger partial charge >= 0.3 is 0 Å². The Morgan fingerprint density at radius 1 is 0.128 bits per heavy atom. The first-order chi connectivity index (χ1) is 4.00. The molecule has 0 amide bonds. The monoisotopic (exact) mass is 709 g/mol. The van der Waals surface area contributed by atoms with E-state index in [1.807, 2.05) is 55.4 Å². The van der Waals surface area contributed by atoms with Crippen LogP contribution in [0.3, 0.4) is 0 Å². The quantitative estimate of drug-likeness (QED) is 0.246. The molecule has 0 fully saturated rings. The first-order valence-electron chi connectivity index (χ1n) is 4.00. The van der Waals surface area contributed by atoms with Gasteiger partial charge in [0, 0.05) is 20.4 Å². The standard InChI is InChI=1S/4C2H6.28CH4.2H3N.Pd/c4*1-2;;;;;;;;;;;;;;;;;;;;;;;;;;;;;;;/h4*1-2H3;28*1H4;2*1H3;. The molecule has 306 valence electrons. The summed E-state index contributed by atoms with van der Waals surface area (Å²) in [7, 11) is 0. The van der Waals surface area contributed by atoms with Crippen LogP contribution < -0.4 is 12.3 Å². The minimum absolute atomic E-state index is 0. The minimum atomic E-state index is 0. The van der Waals surface area contributed by atoms with Gasteiger partial charge in [-0.15, -0.1) is 0 Å². The van der Waals surface area contributed by atoms with Crippen LogP contribution in [0.4, 0.5) is 0 Å². The summed E-state index contributed by atoms with van der Waals surface area (Å²) in [5, 5.41) is 0. The zero-order valence-corrected chi connectivity index (χ0v) is 11.3. The summed E-state index contributed by atoms with van der Waals surface area (Å²) in [5.74, 6) is 0. The van der Waals surface area contributed by atoms with Crippen LogP contribution in [0, 0.1) is 0 Å². The second-order valence-electron chi connectivity index (χ2n) is 0. The fourth-order valence-corrected chi connectivity index (χ4v) is 0. The fourth-order valence-electron chi connectivity index (χ4n) is 0. The van der Waals surface area contributed by atoms with Gasteiger partial charge in [0.15, 0.2) is 0 Å². The molecule has 0 bridgehead atoms. The molecule has 0 aliphatic rings. The summed E-state index contributed by atoms with van der Waals surface area (Å²) < 4.78 is 0. The van der Waals surface area contributed by atoms with Gasteiger partial charge in [0.25, 0.3) is 0 Å². The zero-order valence-electron chi connectivity index (χ0n) is 9.73. The molecule has 0 saturated heterocycles. The predicted octanol–water partition coefficient (Wildman–Crippen LogP) is 22.2. The maximum Gasteiger partial charge on any atom is 0 e. The third-order valence-corrected chi connectivity index (χ3v) is 0. The fraction of sp³-hybridized carbons (Fsp3) is 1.00. The first-order valence-corrected chi connectivity index (χ1v) is 4.00. The normalized spacial score (nSPS) is 0.615. The smallest absolute Gasteiger partial charge is 0 e. The van der Waals surface area contributed by atoms with E-state index in [0.717, 1.165) is 0 Å². The molecule has 0 spiro atoms. The van der Waals surface area contributed by atoms with Gasteiger partial charge in [0.05, 0.1) is 0 Å². The van der Waals surface area contributed by atoms with Gasteiger partial charge in [0.1, 0.15) is 0 Å². The van der Waals surface area contributed by atoms with E-state index in [4.69, 9.17) is 0 Å². The molecule has 6 N–H and O–H groups in total. The van der Waals surface area contributed by atoms with Gasteiger partial charge in [-0.05, 0) is 0 Å². The Balaban J connectivity index is -0.000000000131. The Kier molecular flexibility index (Phi) is 11600000. The molecule has 0 heterocycles. The second-order valence-corrected chi connectivity index (χ2v) is 0. The minimum Gasteiger partial charge on any atom is -0.344 e. The number of rotatable bonds is 0. The SMILES string of the molecule is C.C.C.C.C.C.C.C.C.C.C.C.C.C.C.C.C.C.C.C.C.C.C.C.C.C.C.C.CC.CC.CC.CC.N.N.[Pd]. The van der Waals surface area contributed by atoms with Crippen LogP contribution in [0.5, 0.6) is 0 Å². The zero-order chi connectivity index (χ0) is 8.00. The van der Waals surface area contributed by atoms with Crippen molar-refractivity contribution in [3.63, 3.8) is 0 Å². The summed E-state index contributed by atoms with van der Waals surface area (Å²) in [4.78, 5) is 0. The summed E-state index contributed by atoms with van der Waals surface area (Å²) in [6.45, 7) is 16.0. The summed E-state index contributed by atoms with van der Waals surface area (Å²) >= 11 is 0. The van der Waals surface area contributed by atoms with E-state index in [1.165, 1.54) is 0 Å². The third-order valence-electron chi connectivity index (χ3n) is 0. The van der Waals surface area contributed by atoms with Crippen molar-refractivity contribution >= 4 is 0 Å². The summed E-state index contributed by atoms with van der Waals surface area (Å²) in [5.41, 5.74) is 0. The van der Waals surface area contributed by atoms with Gasteiger partial charge in [-0.25, -0.2) is 0 Å². The average molecular weight is 710 g/mol. The average Bonchev–Trinajstić information content (AvgIpc) is 2.03. The van der Waals surface area contributed by atoms with Crippen LogP contribution >= 0.6 is 0 Å². The van der Waals surface area contributed by atoms with Gasteiger partial charge in [0.2, 0.25) is 0 Å². The van der Waals surface area contributed by atoms with Crippen LogP contribution in [0.2, 0.25) is 0 Å². The van der Waals surface area contributed by atoms with Crippen molar-refractivity contribution < 1.29 is 20.4 Å². The summed E-state index contributed by atoms with van der Waals surface area (Å²) in [6.07, 6.45) is 0. The van der Waals surface area contributed by atoms with Crippen LogP contribution in [0.1, 0.15) is 263 Å². The van der Waals surface area contributed by atoms with Gasteiger partial charge in [-0.3, -0.25) is 0 Å². The molecule has 2 nitrogen and oxygen atoms in total. The Morgan fingerprint density at radius 3 is 0.128 bits per heavy atom. The second kappa shape index (κ2) is 161000. The van der Waals surface area contributed by atoms with Crippen LogP contribution in [0.15, 0.2) is 0 Å². The first kappa shape index (κ1) is 2810. The molecule has 0 atom stereocenters. The Bertz CT molecular complexity index is 18.0. The van der Waals surface area contributed by atoms with E-state index in [1.54, 1.807) is 0 Å². The Labute approximate surface area is 295 Å². The molecule has 0 aromatic rings. The number of hydrogen-bond acceptors (Lipinski definition) is 2. The maximum atomic E-state index is 2.00. The van der Waals surface area contributed by atoms with Crippen molar-refractivity contribution in [2.45, 2.75) is 263 Å². The molecule has 0 aromatic heterocycles. The third kappa shape index (κ3) is 152000.